The smallest absolute Gasteiger partial charge is 0.199 e. The Kier molecular flexibility index (Phi) is 3.52. The molecule has 3 nitrogen and oxygen atoms in total. The molecule has 0 fully saturated rings. The third kappa shape index (κ3) is 2.45. The number of rotatable bonds is 4. The monoisotopic (exact) mass is 287 g/mol. The molecule has 1 N–H and O–H groups in total. The quantitative estimate of drug-likeness (QED) is 0.755. The molecule has 1 aromatic heterocycles. The number of hydrogen-bond acceptors (Lipinski definition) is 3. The van der Waals surface area contributed by atoms with Crippen molar-refractivity contribution in [1.29, 1.82) is 0 Å². The van der Waals surface area contributed by atoms with Gasteiger partial charge in [0, 0.05) is 29.2 Å². The summed E-state index contributed by atoms with van der Waals surface area (Å²) in [6.07, 6.45) is 0. The lowest BCUT2D eigenvalue weighted by atomic mass is 10.2. The van der Waals surface area contributed by atoms with Crippen LogP contribution >= 0.6 is 11.6 Å². The fraction of sp³-hybridized carbons (Fsp3) is 0.125. The minimum Gasteiger partial charge on any atom is -0.497 e. The summed E-state index contributed by atoms with van der Waals surface area (Å²) in [5.74, 6) is 0.818. The first kappa shape index (κ1) is 12.9. The van der Waals surface area contributed by atoms with Crippen LogP contribution in [0.2, 0.25) is 5.22 Å². The lowest BCUT2D eigenvalue weighted by molar-refractivity contribution is 0.415. The van der Waals surface area contributed by atoms with Crippen molar-refractivity contribution in [3.63, 3.8) is 0 Å². The van der Waals surface area contributed by atoms with Gasteiger partial charge in [-0.3, -0.25) is 0 Å². The summed E-state index contributed by atoms with van der Waals surface area (Å²) in [7, 11) is 1.65. The average Bonchev–Trinajstić information content (AvgIpc) is 2.81. The van der Waals surface area contributed by atoms with Crippen LogP contribution in [0, 0.1) is 0 Å². The van der Waals surface area contributed by atoms with Gasteiger partial charge in [-0.1, -0.05) is 24.3 Å². The van der Waals surface area contributed by atoms with Crippen molar-refractivity contribution >= 4 is 28.3 Å². The van der Waals surface area contributed by atoms with E-state index in [0.717, 1.165) is 28.0 Å². The third-order valence-electron chi connectivity index (χ3n) is 3.19. The van der Waals surface area contributed by atoms with Crippen molar-refractivity contribution in [2.24, 2.45) is 0 Å². The molecule has 0 saturated carbocycles. The van der Waals surface area contributed by atoms with E-state index in [1.165, 1.54) is 0 Å². The molecule has 0 aliphatic rings. The molecule has 0 aliphatic heterocycles. The molecular formula is C16H14ClNO2. The molecule has 1 heterocycles. The number of anilines is 1. The van der Waals surface area contributed by atoms with E-state index in [-0.39, 0.29) is 0 Å². The molecule has 3 aromatic rings. The van der Waals surface area contributed by atoms with Gasteiger partial charge in [0.1, 0.15) is 11.3 Å². The van der Waals surface area contributed by atoms with E-state index < -0.39 is 0 Å². The lowest BCUT2D eigenvalue weighted by Gasteiger charge is -2.07. The maximum Gasteiger partial charge on any atom is 0.199 e. The first-order valence-electron chi connectivity index (χ1n) is 6.32. The number of furan rings is 1. The molecule has 4 heteroatoms. The standard InChI is InChI=1S/C16H14ClNO2/c1-19-12-6-4-5-11(9-12)18-10-14-13-7-2-3-8-15(13)20-16(14)17/h2-9,18H,10H2,1H3. The van der Waals surface area contributed by atoms with Crippen molar-refractivity contribution in [3.05, 3.63) is 59.3 Å². The van der Waals surface area contributed by atoms with Crippen LogP contribution in [-0.4, -0.2) is 7.11 Å². The number of para-hydroxylation sites is 1. The molecule has 0 bridgehead atoms. The number of methoxy groups -OCH3 is 1. The maximum atomic E-state index is 6.16. The largest absolute Gasteiger partial charge is 0.497 e. The van der Waals surface area contributed by atoms with Gasteiger partial charge in [-0.2, -0.15) is 0 Å². The zero-order valence-electron chi connectivity index (χ0n) is 11.0. The van der Waals surface area contributed by atoms with E-state index in [1.54, 1.807) is 7.11 Å². The predicted molar refractivity (Wildman–Crippen MR) is 81.5 cm³/mol. The zero-order valence-corrected chi connectivity index (χ0v) is 11.8. The molecule has 3 rings (SSSR count). The highest BCUT2D eigenvalue weighted by atomic mass is 35.5. The minimum absolute atomic E-state index is 0.432. The van der Waals surface area contributed by atoms with Gasteiger partial charge >= 0.3 is 0 Å². The predicted octanol–water partition coefficient (Wildman–Crippen LogP) is 4.71. The maximum absolute atomic E-state index is 6.16. The SMILES string of the molecule is COc1cccc(NCc2c(Cl)oc3ccccc23)c1. The minimum atomic E-state index is 0.432. The van der Waals surface area contributed by atoms with Gasteiger partial charge < -0.3 is 14.5 Å². The molecule has 0 radical (unpaired) electrons. The highest BCUT2D eigenvalue weighted by Gasteiger charge is 2.11. The third-order valence-corrected chi connectivity index (χ3v) is 3.49. The Morgan fingerprint density at radius 3 is 2.85 bits per heavy atom. The van der Waals surface area contributed by atoms with Gasteiger partial charge in [-0.05, 0) is 29.8 Å². The lowest BCUT2D eigenvalue weighted by Crippen LogP contribution is -1.99. The van der Waals surface area contributed by atoms with E-state index in [4.69, 9.17) is 20.8 Å². The van der Waals surface area contributed by atoms with Crippen molar-refractivity contribution in [2.75, 3.05) is 12.4 Å². The van der Waals surface area contributed by atoms with Crippen molar-refractivity contribution in [3.8, 4) is 5.75 Å². The Hall–Kier alpha value is -2.13. The van der Waals surface area contributed by atoms with Crippen LogP contribution in [0.15, 0.2) is 52.9 Å². The van der Waals surface area contributed by atoms with Crippen molar-refractivity contribution in [2.45, 2.75) is 6.54 Å². The fourth-order valence-electron chi connectivity index (χ4n) is 2.16. The second kappa shape index (κ2) is 5.47. The highest BCUT2D eigenvalue weighted by Crippen LogP contribution is 2.30. The van der Waals surface area contributed by atoms with Crippen LogP contribution in [0.25, 0.3) is 11.0 Å². The summed E-state index contributed by atoms with van der Waals surface area (Å²) in [6.45, 7) is 0.600. The summed E-state index contributed by atoms with van der Waals surface area (Å²) in [4.78, 5) is 0. The van der Waals surface area contributed by atoms with Crippen molar-refractivity contribution < 1.29 is 9.15 Å². The van der Waals surface area contributed by atoms with Gasteiger partial charge in [-0.25, -0.2) is 0 Å². The van der Waals surface area contributed by atoms with E-state index >= 15 is 0 Å². The highest BCUT2D eigenvalue weighted by molar-refractivity contribution is 6.30. The first-order chi connectivity index (χ1) is 9.78. The Labute approximate surface area is 122 Å². The van der Waals surface area contributed by atoms with E-state index in [0.29, 0.717) is 11.8 Å². The van der Waals surface area contributed by atoms with E-state index in [9.17, 15) is 0 Å². The molecule has 2 aromatic carbocycles. The topological polar surface area (TPSA) is 34.4 Å². The number of hydrogen-bond donors (Lipinski definition) is 1. The number of benzene rings is 2. The Morgan fingerprint density at radius 2 is 2.00 bits per heavy atom. The number of ether oxygens (including phenoxy) is 1. The molecule has 20 heavy (non-hydrogen) atoms. The molecule has 0 atom stereocenters. The summed E-state index contributed by atoms with van der Waals surface area (Å²) < 4.78 is 10.7. The molecule has 102 valence electrons. The van der Waals surface area contributed by atoms with Gasteiger partial charge in [-0.15, -0.1) is 0 Å². The van der Waals surface area contributed by atoms with E-state index in [2.05, 4.69) is 5.32 Å². The van der Waals surface area contributed by atoms with Gasteiger partial charge in [0.25, 0.3) is 0 Å². The summed E-state index contributed by atoms with van der Waals surface area (Å²) in [6, 6.07) is 15.6. The van der Waals surface area contributed by atoms with Gasteiger partial charge in [0.05, 0.1) is 7.11 Å². The number of fused-ring (bicyclic) bond motifs is 1. The zero-order chi connectivity index (χ0) is 13.9. The molecule has 0 unspecified atom stereocenters. The van der Waals surface area contributed by atoms with Crippen LogP contribution < -0.4 is 10.1 Å². The summed E-state index contributed by atoms with van der Waals surface area (Å²) in [5.41, 5.74) is 2.75. The van der Waals surface area contributed by atoms with Crippen LogP contribution in [0.3, 0.4) is 0 Å². The fourth-order valence-corrected chi connectivity index (χ4v) is 2.41. The van der Waals surface area contributed by atoms with Crippen LogP contribution in [0.5, 0.6) is 5.75 Å². The second-order valence-corrected chi connectivity index (χ2v) is 4.78. The van der Waals surface area contributed by atoms with Crippen molar-refractivity contribution in [1.82, 2.24) is 0 Å². The summed E-state index contributed by atoms with van der Waals surface area (Å²) >= 11 is 6.16. The Morgan fingerprint density at radius 1 is 1.15 bits per heavy atom. The Bertz CT molecular complexity index is 736. The molecule has 0 spiro atoms. The van der Waals surface area contributed by atoms with Gasteiger partial charge in [0.2, 0.25) is 0 Å². The van der Waals surface area contributed by atoms with Gasteiger partial charge in [0.15, 0.2) is 5.22 Å². The average molecular weight is 288 g/mol. The number of nitrogens with one attached hydrogen (secondary N) is 1. The van der Waals surface area contributed by atoms with Crippen LogP contribution in [0.4, 0.5) is 5.69 Å². The van der Waals surface area contributed by atoms with Crippen LogP contribution in [0.1, 0.15) is 5.56 Å². The molecular weight excluding hydrogens is 274 g/mol. The molecule has 0 aliphatic carbocycles. The Balaban J connectivity index is 1.84. The first-order valence-corrected chi connectivity index (χ1v) is 6.69. The molecule has 0 amide bonds. The summed E-state index contributed by atoms with van der Waals surface area (Å²) in [5, 5.41) is 4.80. The second-order valence-electron chi connectivity index (χ2n) is 4.44. The van der Waals surface area contributed by atoms with E-state index in [1.807, 2.05) is 48.5 Å². The van der Waals surface area contributed by atoms with Crippen LogP contribution in [-0.2, 0) is 6.54 Å². The molecule has 0 saturated heterocycles. The number of halogens is 1. The normalized spacial score (nSPS) is 10.7.